The quantitative estimate of drug-likeness (QED) is 0.796. The van der Waals surface area contributed by atoms with Crippen LogP contribution in [0.1, 0.15) is 10.4 Å². The summed E-state index contributed by atoms with van der Waals surface area (Å²) in [5.74, 6) is -0.0915. The van der Waals surface area contributed by atoms with E-state index in [1.165, 1.54) is 5.56 Å². The molecule has 1 N–H and O–H groups in total. The first-order valence-electron chi connectivity index (χ1n) is 4.74. The van der Waals surface area contributed by atoms with Crippen LogP contribution in [-0.2, 0) is 16.1 Å². The summed E-state index contributed by atoms with van der Waals surface area (Å²) >= 11 is 1.62. The fourth-order valence-electron chi connectivity index (χ4n) is 1.49. The second-order valence-electron chi connectivity index (χ2n) is 3.55. The molecule has 1 aliphatic heterocycles. The van der Waals surface area contributed by atoms with Gasteiger partial charge in [-0.2, -0.15) is 0 Å². The summed E-state index contributed by atoms with van der Waals surface area (Å²) in [5, 5.41) is 4.53. The molecule has 0 aliphatic carbocycles. The molecule has 0 saturated carbocycles. The number of nitrogens with one attached hydrogen (secondary N) is 1. The van der Waals surface area contributed by atoms with E-state index in [4.69, 9.17) is 0 Å². The minimum absolute atomic E-state index is 0.0117. The van der Waals surface area contributed by atoms with Crippen LogP contribution in [0.15, 0.2) is 11.4 Å². The summed E-state index contributed by atoms with van der Waals surface area (Å²) in [6.07, 6.45) is 0. The molecule has 0 spiro atoms. The van der Waals surface area contributed by atoms with E-state index in [-0.39, 0.29) is 24.9 Å². The molecule has 15 heavy (non-hydrogen) atoms. The van der Waals surface area contributed by atoms with Gasteiger partial charge in [0.2, 0.25) is 11.8 Å². The second kappa shape index (κ2) is 4.02. The van der Waals surface area contributed by atoms with Crippen LogP contribution < -0.4 is 5.32 Å². The lowest BCUT2D eigenvalue weighted by molar-refractivity contribution is -0.141. The van der Waals surface area contributed by atoms with Crippen LogP contribution in [0, 0.1) is 6.92 Å². The van der Waals surface area contributed by atoms with Gasteiger partial charge in [-0.15, -0.1) is 11.3 Å². The number of rotatable bonds is 2. The Balaban J connectivity index is 2.07. The Morgan fingerprint density at radius 1 is 1.53 bits per heavy atom. The minimum Gasteiger partial charge on any atom is -0.345 e. The van der Waals surface area contributed by atoms with Gasteiger partial charge in [0.25, 0.3) is 0 Å². The molecule has 1 saturated heterocycles. The van der Waals surface area contributed by atoms with E-state index in [1.54, 1.807) is 16.2 Å². The van der Waals surface area contributed by atoms with Crippen LogP contribution in [0.5, 0.6) is 0 Å². The maximum absolute atomic E-state index is 11.5. The van der Waals surface area contributed by atoms with Crippen molar-refractivity contribution in [2.24, 2.45) is 0 Å². The average Bonchev–Trinajstić information content (AvgIpc) is 2.58. The van der Waals surface area contributed by atoms with Crippen molar-refractivity contribution < 1.29 is 9.59 Å². The second-order valence-corrected chi connectivity index (χ2v) is 4.55. The molecule has 80 valence electrons. The van der Waals surface area contributed by atoms with Gasteiger partial charge < -0.3 is 10.2 Å². The highest BCUT2D eigenvalue weighted by Crippen LogP contribution is 2.18. The summed E-state index contributed by atoms with van der Waals surface area (Å²) < 4.78 is 0. The highest BCUT2D eigenvalue weighted by molar-refractivity contribution is 7.10. The molecule has 2 rings (SSSR count). The number of thiophene rings is 1. The molecule has 0 bridgehead atoms. The first kappa shape index (κ1) is 10.2. The Hall–Kier alpha value is -1.36. The minimum atomic E-state index is -0.0798. The predicted molar refractivity (Wildman–Crippen MR) is 57.5 cm³/mol. The highest BCUT2D eigenvalue weighted by atomic mass is 32.1. The Morgan fingerprint density at radius 2 is 2.33 bits per heavy atom. The van der Waals surface area contributed by atoms with Crippen molar-refractivity contribution in [1.29, 1.82) is 0 Å². The molecule has 1 aromatic heterocycles. The fourth-order valence-corrected chi connectivity index (χ4v) is 2.41. The highest BCUT2D eigenvalue weighted by Gasteiger charge is 2.23. The molecule has 2 heterocycles. The first-order chi connectivity index (χ1) is 7.16. The van der Waals surface area contributed by atoms with Crippen molar-refractivity contribution in [2.45, 2.75) is 13.5 Å². The monoisotopic (exact) mass is 224 g/mol. The van der Waals surface area contributed by atoms with Crippen molar-refractivity contribution >= 4 is 23.2 Å². The van der Waals surface area contributed by atoms with E-state index in [9.17, 15) is 9.59 Å². The summed E-state index contributed by atoms with van der Waals surface area (Å²) in [7, 11) is 0. The molecule has 4 nitrogen and oxygen atoms in total. The van der Waals surface area contributed by atoms with Crippen LogP contribution in [0.2, 0.25) is 0 Å². The number of piperazine rings is 1. The standard InChI is InChI=1S/C10H12N2O2S/c1-7-2-3-15-8(7)5-12-6-9(13)11-4-10(12)14/h2-3H,4-6H2,1H3,(H,11,13). The lowest BCUT2D eigenvalue weighted by Gasteiger charge is -2.26. The van der Waals surface area contributed by atoms with Crippen LogP contribution in [-0.4, -0.2) is 29.8 Å². The number of carbonyl (C=O) groups excluding carboxylic acids is 2. The molecule has 2 amide bonds. The van der Waals surface area contributed by atoms with Crippen molar-refractivity contribution in [3.8, 4) is 0 Å². The van der Waals surface area contributed by atoms with Gasteiger partial charge in [0, 0.05) is 4.88 Å². The summed E-state index contributed by atoms with van der Waals surface area (Å²) in [4.78, 5) is 25.4. The van der Waals surface area contributed by atoms with Gasteiger partial charge in [-0.25, -0.2) is 0 Å². The average molecular weight is 224 g/mol. The van der Waals surface area contributed by atoms with E-state index in [1.807, 2.05) is 18.4 Å². The molecule has 0 unspecified atom stereocenters. The molecule has 0 radical (unpaired) electrons. The Labute approximate surface area is 91.9 Å². The van der Waals surface area contributed by atoms with Crippen molar-refractivity contribution in [3.63, 3.8) is 0 Å². The smallest absolute Gasteiger partial charge is 0.242 e. The third kappa shape index (κ3) is 2.18. The van der Waals surface area contributed by atoms with E-state index in [0.29, 0.717) is 6.54 Å². The van der Waals surface area contributed by atoms with Crippen molar-refractivity contribution in [1.82, 2.24) is 10.2 Å². The Morgan fingerprint density at radius 3 is 3.00 bits per heavy atom. The van der Waals surface area contributed by atoms with Gasteiger partial charge in [0.05, 0.1) is 19.6 Å². The van der Waals surface area contributed by atoms with Crippen molar-refractivity contribution in [2.75, 3.05) is 13.1 Å². The van der Waals surface area contributed by atoms with E-state index >= 15 is 0 Å². The normalized spacial score (nSPS) is 16.7. The molecular weight excluding hydrogens is 212 g/mol. The molecule has 1 fully saturated rings. The topological polar surface area (TPSA) is 49.4 Å². The zero-order valence-electron chi connectivity index (χ0n) is 8.45. The van der Waals surface area contributed by atoms with E-state index in [0.717, 1.165) is 4.88 Å². The van der Waals surface area contributed by atoms with Crippen LogP contribution in [0.4, 0.5) is 0 Å². The Bertz CT molecular complexity index is 400. The number of hydrogen-bond donors (Lipinski definition) is 1. The van der Waals surface area contributed by atoms with Gasteiger partial charge in [-0.1, -0.05) is 0 Å². The number of nitrogens with zero attached hydrogens (tertiary/aromatic N) is 1. The molecular formula is C10H12N2O2S. The van der Waals surface area contributed by atoms with Gasteiger partial charge in [-0.05, 0) is 23.9 Å². The predicted octanol–water partition coefficient (Wildman–Crippen LogP) is 0.515. The summed E-state index contributed by atoms with van der Waals surface area (Å²) in [6, 6.07) is 2.02. The van der Waals surface area contributed by atoms with Crippen molar-refractivity contribution in [3.05, 3.63) is 21.9 Å². The van der Waals surface area contributed by atoms with Gasteiger partial charge in [0.1, 0.15) is 0 Å². The van der Waals surface area contributed by atoms with E-state index < -0.39 is 0 Å². The fraction of sp³-hybridized carbons (Fsp3) is 0.400. The summed E-state index contributed by atoms with van der Waals surface area (Å²) in [6.45, 7) is 2.87. The summed E-state index contributed by atoms with van der Waals surface area (Å²) in [5.41, 5.74) is 1.18. The van der Waals surface area contributed by atoms with Crippen LogP contribution in [0.3, 0.4) is 0 Å². The van der Waals surface area contributed by atoms with Gasteiger partial charge in [0.15, 0.2) is 0 Å². The third-order valence-corrected chi connectivity index (χ3v) is 3.43. The Kier molecular flexibility index (Phi) is 2.73. The van der Waals surface area contributed by atoms with Crippen LogP contribution >= 0.6 is 11.3 Å². The SMILES string of the molecule is Cc1ccsc1CN1CC(=O)NCC1=O. The largest absolute Gasteiger partial charge is 0.345 e. The lowest BCUT2D eigenvalue weighted by Crippen LogP contribution is -2.50. The number of amides is 2. The number of carbonyl (C=O) groups is 2. The molecule has 1 aliphatic rings. The van der Waals surface area contributed by atoms with Crippen LogP contribution in [0.25, 0.3) is 0 Å². The molecule has 0 atom stereocenters. The molecule has 5 heteroatoms. The van der Waals surface area contributed by atoms with Gasteiger partial charge in [-0.3, -0.25) is 9.59 Å². The third-order valence-electron chi connectivity index (χ3n) is 2.43. The maximum Gasteiger partial charge on any atom is 0.242 e. The van der Waals surface area contributed by atoms with E-state index in [2.05, 4.69) is 5.32 Å². The molecule has 1 aromatic rings. The zero-order valence-corrected chi connectivity index (χ0v) is 9.26. The number of hydrogen-bond acceptors (Lipinski definition) is 3. The number of aryl methyl sites for hydroxylation is 1. The molecule has 0 aromatic carbocycles. The zero-order chi connectivity index (χ0) is 10.8. The maximum atomic E-state index is 11.5. The van der Waals surface area contributed by atoms with Gasteiger partial charge >= 0.3 is 0 Å². The first-order valence-corrected chi connectivity index (χ1v) is 5.62. The lowest BCUT2D eigenvalue weighted by atomic mass is 10.2.